The van der Waals surface area contributed by atoms with Crippen molar-refractivity contribution in [2.45, 2.75) is 44.9 Å². The first kappa shape index (κ1) is 15.0. The van der Waals surface area contributed by atoms with Crippen LogP contribution in [0.5, 0.6) is 0 Å². The van der Waals surface area contributed by atoms with Crippen LogP contribution in [0, 0.1) is 5.41 Å². The van der Waals surface area contributed by atoms with Crippen LogP contribution >= 0.6 is 43.2 Å². The predicted octanol–water partition coefficient (Wildman–Crippen LogP) is 5.46. The molecule has 1 aliphatic heterocycles. The molecule has 1 saturated heterocycles. The smallest absolute Gasteiger partial charge is 0.264 e. The summed E-state index contributed by atoms with van der Waals surface area (Å²) in [6.07, 6.45) is 9.34. The average Bonchev–Trinajstić information content (AvgIpc) is 2.80. The molecule has 1 amide bonds. The summed E-state index contributed by atoms with van der Waals surface area (Å²) < 4.78 is 1.98. The Hall–Kier alpha value is 0.130. The quantitative estimate of drug-likeness (QED) is 0.590. The number of likely N-dealkylation sites (tertiary alicyclic amines) is 1. The number of nitrogens with zero attached hydrogens (tertiary/aromatic N) is 1. The summed E-state index contributed by atoms with van der Waals surface area (Å²) in [5.74, 6) is 0.201. The van der Waals surface area contributed by atoms with Crippen LogP contribution in [0.3, 0.4) is 0 Å². The first-order valence-electron chi connectivity index (χ1n) is 7.34. The van der Waals surface area contributed by atoms with Gasteiger partial charge in [0.05, 0.1) is 8.66 Å². The van der Waals surface area contributed by atoms with Crippen LogP contribution in [0.1, 0.15) is 54.6 Å². The van der Waals surface area contributed by atoms with E-state index in [0.717, 1.165) is 26.2 Å². The molecule has 0 aromatic carbocycles. The highest BCUT2D eigenvalue weighted by atomic mass is 79.9. The number of hydrogen-bond acceptors (Lipinski definition) is 2. The molecule has 2 heterocycles. The van der Waals surface area contributed by atoms with E-state index in [2.05, 4.69) is 31.9 Å². The van der Waals surface area contributed by atoms with Crippen molar-refractivity contribution in [3.63, 3.8) is 0 Å². The summed E-state index contributed by atoms with van der Waals surface area (Å²) in [5.41, 5.74) is 0.561. The van der Waals surface area contributed by atoms with E-state index in [0.29, 0.717) is 5.41 Å². The molecule has 1 aliphatic carbocycles. The second kappa shape index (κ2) is 6.09. The molecule has 0 radical (unpaired) electrons. The largest absolute Gasteiger partial charge is 0.338 e. The standard InChI is InChI=1S/C15H19Br2NOS/c16-11-10-12(20-13(11)17)14(19)18-8-6-15(7-9-18)4-2-1-3-5-15/h10H,1-9H2. The highest BCUT2D eigenvalue weighted by Crippen LogP contribution is 2.45. The minimum absolute atomic E-state index is 0.201. The van der Waals surface area contributed by atoms with Crippen LogP contribution in [-0.2, 0) is 0 Å². The third-order valence-corrected chi connectivity index (χ3v) is 8.13. The summed E-state index contributed by atoms with van der Waals surface area (Å²) in [6, 6.07) is 1.93. The van der Waals surface area contributed by atoms with E-state index in [1.54, 1.807) is 0 Å². The zero-order chi connectivity index (χ0) is 14.2. The molecule has 5 heteroatoms. The van der Waals surface area contributed by atoms with Gasteiger partial charge in [0.1, 0.15) is 0 Å². The molecule has 1 aromatic rings. The lowest BCUT2D eigenvalue weighted by Gasteiger charge is -2.44. The Morgan fingerprint density at radius 2 is 1.75 bits per heavy atom. The van der Waals surface area contributed by atoms with Gasteiger partial charge in [0, 0.05) is 17.6 Å². The number of hydrogen-bond donors (Lipinski definition) is 0. The molecule has 0 N–H and O–H groups in total. The molecule has 1 spiro atoms. The Morgan fingerprint density at radius 3 is 2.30 bits per heavy atom. The first-order chi connectivity index (χ1) is 9.60. The molecular formula is C15H19Br2NOS. The number of amides is 1. The van der Waals surface area contributed by atoms with Gasteiger partial charge in [-0.05, 0) is 69.0 Å². The molecule has 0 unspecified atom stereocenters. The van der Waals surface area contributed by atoms with Crippen molar-refractivity contribution in [1.82, 2.24) is 4.90 Å². The molecule has 3 rings (SSSR count). The van der Waals surface area contributed by atoms with Crippen molar-refractivity contribution in [2.24, 2.45) is 5.41 Å². The maximum Gasteiger partial charge on any atom is 0.264 e. The van der Waals surface area contributed by atoms with Crippen LogP contribution in [0.2, 0.25) is 0 Å². The van der Waals surface area contributed by atoms with Gasteiger partial charge in [0.25, 0.3) is 5.91 Å². The Labute approximate surface area is 141 Å². The van der Waals surface area contributed by atoms with E-state index in [9.17, 15) is 4.79 Å². The molecule has 1 aromatic heterocycles. The zero-order valence-electron chi connectivity index (χ0n) is 11.5. The first-order valence-corrected chi connectivity index (χ1v) is 9.74. The van der Waals surface area contributed by atoms with Crippen LogP contribution < -0.4 is 0 Å². The van der Waals surface area contributed by atoms with Crippen molar-refractivity contribution in [3.05, 3.63) is 19.2 Å². The maximum absolute atomic E-state index is 12.5. The lowest BCUT2D eigenvalue weighted by atomic mass is 9.68. The van der Waals surface area contributed by atoms with Gasteiger partial charge in [0.15, 0.2) is 0 Å². The van der Waals surface area contributed by atoms with Gasteiger partial charge in [-0.15, -0.1) is 11.3 Å². The second-order valence-corrected chi connectivity index (χ2v) is 9.31. The summed E-state index contributed by atoms with van der Waals surface area (Å²) in [7, 11) is 0. The number of carbonyl (C=O) groups is 1. The van der Waals surface area contributed by atoms with E-state index in [1.165, 1.54) is 56.3 Å². The summed E-state index contributed by atoms with van der Waals surface area (Å²) in [4.78, 5) is 15.4. The summed E-state index contributed by atoms with van der Waals surface area (Å²) in [5, 5.41) is 0. The summed E-state index contributed by atoms with van der Waals surface area (Å²) >= 11 is 8.45. The number of rotatable bonds is 1. The van der Waals surface area contributed by atoms with Crippen molar-refractivity contribution in [3.8, 4) is 0 Å². The average molecular weight is 421 g/mol. The van der Waals surface area contributed by atoms with Crippen LogP contribution in [0.4, 0.5) is 0 Å². The lowest BCUT2D eigenvalue weighted by Crippen LogP contribution is -2.43. The Bertz CT molecular complexity index is 478. The monoisotopic (exact) mass is 419 g/mol. The van der Waals surface area contributed by atoms with E-state index in [-0.39, 0.29) is 5.91 Å². The van der Waals surface area contributed by atoms with Crippen molar-refractivity contribution in [2.75, 3.05) is 13.1 Å². The molecule has 110 valence electrons. The number of piperidine rings is 1. The molecule has 20 heavy (non-hydrogen) atoms. The third kappa shape index (κ3) is 3.00. The fourth-order valence-corrected chi connectivity index (χ4v) is 5.60. The van der Waals surface area contributed by atoms with Gasteiger partial charge in [0.2, 0.25) is 0 Å². The van der Waals surface area contributed by atoms with Gasteiger partial charge in [-0.2, -0.15) is 0 Å². The second-order valence-electron chi connectivity index (χ2n) is 6.09. The predicted molar refractivity (Wildman–Crippen MR) is 90.4 cm³/mol. The van der Waals surface area contributed by atoms with Crippen molar-refractivity contribution < 1.29 is 4.79 Å². The van der Waals surface area contributed by atoms with Gasteiger partial charge < -0.3 is 4.90 Å². The van der Waals surface area contributed by atoms with E-state index in [4.69, 9.17) is 0 Å². The lowest BCUT2D eigenvalue weighted by molar-refractivity contribution is 0.0476. The van der Waals surface area contributed by atoms with Gasteiger partial charge in [-0.1, -0.05) is 19.3 Å². The highest BCUT2D eigenvalue weighted by Gasteiger charge is 2.37. The molecule has 2 aliphatic rings. The fourth-order valence-electron chi connectivity index (χ4n) is 3.59. The van der Waals surface area contributed by atoms with Gasteiger partial charge in [-0.25, -0.2) is 0 Å². The van der Waals surface area contributed by atoms with Crippen LogP contribution in [-0.4, -0.2) is 23.9 Å². The minimum Gasteiger partial charge on any atom is -0.338 e. The normalized spacial score (nSPS) is 22.2. The van der Waals surface area contributed by atoms with E-state index in [1.807, 2.05) is 11.0 Å². The zero-order valence-corrected chi connectivity index (χ0v) is 15.4. The molecule has 1 saturated carbocycles. The number of halogens is 2. The maximum atomic E-state index is 12.5. The molecule has 0 bridgehead atoms. The minimum atomic E-state index is 0.201. The molecule has 0 atom stereocenters. The number of carbonyl (C=O) groups excluding carboxylic acids is 1. The van der Waals surface area contributed by atoms with Gasteiger partial charge in [-0.3, -0.25) is 4.79 Å². The fraction of sp³-hybridized carbons (Fsp3) is 0.667. The van der Waals surface area contributed by atoms with E-state index >= 15 is 0 Å². The Morgan fingerprint density at radius 1 is 1.10 bits per heavy atom. The Balaban J connectivity index is 1.64. The number of thiophene rings is 1. The highest BCUT2D eigenvalue weighted by molar-refractivity contribution is 9.13. The van der Waals surface area contributed by atoms with Crippen LogP contribution in [0.25, 0.3) is 0 Å². The van der Waals surface area contributed by atoms with Crippen molar-refractivity contribution >= 4 is 49.1 Å². The Kier molecular flexibility index (Phi) is 4.58. The van der Waals surface area contributed by atoms with Crippen LogP contribution in [0.15, 0.2) is 14.3 Å². The summed E-state index contributed by atoms with van der Waals surface area (Å²) in [6.45, 7) is 1.87. The van der Waals surface area contributed by atoms with Crippen molar-refractivity contribution in [1.29, 1.82) is 0 Å². The molecule has 2 fully saturated rings. The SMILES string of the molecule is O=C(c1cc(Br)c(Br)s1)N1CCC2(CCCCC2)CC1. The molecule has 2 nitrogen and oxygen atoms in total. The van der Waals surface area contributed by atoms with E-state index < -0.39 is 0 Å². The third-order valence-electron chi connectivity index (χ3n) is 4.88. The molecular weight excluding hydrogens is 402 g/mol. The topological polar surface area (TPSA) is 20.3 Å². The van der Waals surface area contributed by atoms with Gasteiger partial charge >= 0.3 is 0 Å².